The minimum Gasteiger partial charge on any atom is -0.205 e. The molecule has 6 nitrogen and oxygen atoms in total. The molecule has 3 atom stereocenters. The van der Waals surface area contributed by atoms with Crippen LogP contribution in [0.4, 0.5) is 39.5 Å². The SMILES string of the molecule is N#CC(=C1C(=C(C#N)c2c(F)c(F)c(C#N)c(F)c2F)C1=C(C#N)c1c(P)c(F)c(C#N)c(P)c1P)c1c(F)c(F)c(C#N)c(F)c1F. The van der Waals surface area contributed by atoms with Crippen molar-refractivity contribution in [1.29, 1.82) is 31.6 Å². The van der Waals surface area contributed by atoms with Crippen molar-refractivity contribution >= 4 is 60.4 Å². The molecule has 1 saturated carbocycles. The van der Waals surface area contributed by atoms with Crippen LogP contribution >= 0.6 is 27.7 Å². The lowest BCUT2D eigenvalue weighted by atomic mass is 9.99. The van der Waals surface area contributed by atoms with Gasteiger partial charge in [-0.15, -0.1) is 27.7 Å². The second-order valence-electron chi connectivity index (χ2n) is 9.24. The number of halogens is 9. The maximum absolute atomic E-state index is 15.2. The van der Waals surface area contributed by atoms with Crippen molar-refractivity contribution in [2.45, 2.75) is 0 Å². The summed E-state index contributed by atoms with van der Waals surface area (Å²) in [5.74, 6) is -19.7. The van der Waals surface area contributed by atoms with Gasteiger partial charge < -0.3 is 0 Å². The Morgan fingerprint density at radius 3 is 0.917 bits per heavy atom. The normalized spacial score (nSPS) is 13.8. The van der Waals surface area contributed by atoms with Gasteiger partial charge in [-0.2, -0.15) is 31.6 Å². The standard InChI is InChI=1S/C30H6F9N6P3/c31-19-10(4-43)20(32)25(37)16(24(19)36)7(1-40)13-14(8(2-41)17-26(38)21(33)11(5-44)22(34)27(17)39)15(13)9(3-42)18-29(47)23(35)12(6-45)28(46)30(18)48/h46-48H2. The van der Waals surface area contributed by atoms with Crippen LogP contribution in [0.25, 0.3) is 16.7 Å². The van der Waals surface area contributed by atoms with Gasteiger partial charge >= 0.3 is 0 Å². The van der Waals surface area contributed by atoms with E-state index in [4.69, 9.17) is 10.5 Å². The molecule has 234 valence electrons. The van der Waals surface area contributed by atoms with Crippen molar-refractivity contribution in [3.63, 3.8) is 0 Å². The van der Waals surface area contributed by atoms with Crippen LogP contribution in [-0.2, 0) is 0 Å². The number of benzene rings is 3. The van der Waals surface area contributed by atoms with Gasteiger partial charge in [-0.1, -0.05) is 0 Å². The molecule has 0 heterocycles. The lowest BCUT2D eigenvalue weighted by molar-refractivity contribution is 0.446. The number of nitriles is 6. The van der Waals surface area contributed by atoms with Gasteiger partial charge in [-0.05, 0) is 10.6 Å². The predicted octanol–water partition coefficient (Wildman–Crippen LogP) is 5.30. The number of hydrogen-bond donors (Lipinski definition) is 0. The van der Waals surface area contributed by atoms with E-state index in [0.29, 0.717) is 0 Å². The molecule has 1 fully saturated rings. The largest absolute Gasteiger partial charge is 0.205 e. The molecule has 3 aromatic rings. The molecule has 48 heavy (non-hydrogen) atoms. The first-order valence-electron chi connectivity index (χ1n) is 12.2. The summed E-state index contributed by atoms with van der Waals surface area (Å²) in [7, 11) is 5.91. The van der Waals surface area contributed by atoms with E-state index in [9.17, 15) is 38.6 Å². The molecule has 0 spiro atoms. The highest BCUT2D eigenvalue weighted by atomic mass is 31.0. The molecule has 0 bridgehead atoms. The zero-order valence-corrected chi connectivity index (χ0v) is 26.3. The van der Waals surface area contributed by atoms with E-state index in [-0.39, 0.29) is 10.6 Å². The topological polar surface area (TPSA) is 143 Å². The number of allylic oxidation sites excluding steroid dienone is 6. The van der Waals surface area contributed by atoms with E-state index in [0.717, 1.165) is 12.1 Å². The van der Waals surface area contributed by atoms with Crippen molar-refractivity contribution in [3.05, 3.63) is 102 Å². The van der Waals surface area contributed by atoms with E-state index in [1.54, 1.807) is 12.1 Å². The van der Waals surface area contributed by atoms with E-state index >= 15 is 22.0 Å². The number of nitrogens with zero attached hydrogens (tertiary/aromatic N) is 6. The molecule has 0 amide bonds. The molecule has 3 aromatic carbocycles. The maximum Gasteiger partial charge on any atom is 0.180 e. The molecular formula is C30H6F9N6P3. The first-order valence-corrected chi connectivity index (χ1v) is 13.9. The van der Waals surface area contributed by atoms with Gasteiger partial charge in [0.1, 0.15) is 53.4 Å². The first-order chi connectivity index (χ1) is 22.6. The van der Waals surface area contributed by atoms with Gasteiger partial charge in [0.05, 0.1) is 33.4 Å². The molecule has 18 heteroatoms. The average molecular weight is 714 g/mol. The molecular weight excluding hydrogens is 708 g/mol. The van der Waals surface area contributed by atoms with Crippen LogP contribution in [-0.4, -0.2) is 0 Å². The van der Waals surface area contributed by atoms with Gasteiger partial charge in [0.25, 0.3) is 0 Å². The fraction of sp³-hybridized carbons (Fsp3) is 0. The molecule has 0 aliphatic heterocycles. The Morgan fingerprint density at radius 2 is 0.646 bits per heavy atom. The Labute approximate surface area is 270 Å². The smallest absolute Gasteiger partial charge is 0.180 e. The second-order valence-corrected chi connectivity index (χ2v) is 11.0. The van der Waals surface area contributed by atoms with E-state index in [1.807, 2.05) is 18.5 Å². The van der Waals surface area contributed by atoms with E-state index in [1.165, 1.54) is 12.1 Å². The van der Waals surface area contributed by atoms with Crippen LogP contribution in [0.5, 0.6) is 0 Å². The summed E-state index contributed by atoms with van der Waals surface area (Å²) in [5.41, 5.74) is -14.7. The maximum atomic E-state index is 15.2. The second kappa shape index (κ2) is 12.9. The quantitative estimate of drug-likeness (QED) is 0.156. The Hall–Kier alpha value is -5.52. The summed E-state index contributed by atoms with van der Waals surface area (Å²) < 4.78 is 135. The third-order valence-electron chi connectivity index (χ3n) is 6.94. The van der Waals surface area contributed by atoms with Crippen LogP contribution in [0.2, 0.25) is 0 Å². The van der Waals surface area contributed by atoms with Crippen molar-refractivity contribution in [2.24, 2.45) is 0 Å². The lowest BCUT2D eigenvalue weighted by Gasteiger charge is -2.14. The molecule has 1 aliphatic carbocycles. The highest BCUT2D eigenvalue weighted by Crippen LogP contribution is 2.57. The zero-order chi connectivity index (χ0) is 36.1. The van der Waals surface area contributed by atoms with Crippen molar-refractivity contribution in [3.8, 4) is 36.4 Å². The monoisotopic (exact) mass is 714 g/mol. The lowest BCUT2D eigenvalue weighted by Crippen LogP contribution is -2.28. The van der Waals surface area contributed by atoms with Crippen LogP contribution in [0.1, 0.15) is 33.4 Å². The zero-order valence-electron chi connectivity index (χ0n) is 22.8. The van der Waals surface area contributed by atoms with E-state index in [2.05, 4.69) is 9.24 Å². The molecule has 0 N–H and O–H groups in total. The van der Waals surface area contributed by atoms with Crippen LogP contribution in [0.3, 0.4) is 0 Å². The van der Waals surface area contributed by atoms with Gasteiger partial charge in [0.15, 0.2) is 46.5 Å². The summed E-state index contributed by atoms with van der Waals surface area (Å²) in [4.78, 5) is 0. The van der Waals surface area contributed by atoms with Gasteiger partial charge in [0.2, 0.25) is 0 Å². The third kappa shape index (κ3) is 4.99. The van der Waals surface area contributed by atoms with Crippen LogP contribution < -0.4 is 15.9 Å². The highest BCUT2D eigenvalue weighted by Gasteiger charge is 2.45. The van der Waals surface area contributed by atoms with E-state index < -0.39 is 124 Å². The van der Waals surface area contributed by atoms with Crippen molar-refractivity contribution in [2.75, 3.05) is 0 Å². The fourth-order valence-electron chi connectivity index (χ4n) is 4.70. The minimum atomic E-state index is -2.33. The summed E-state index contributed by atoms with van der Waals surface area (Å²) in [5, 5.41) is 56.6. The van der Waals surface area contributed by atoms with Gasteiger partial charge in [-0.3, -0.25) is 0 Å². The summed E-state index contributed by atoms with van der Waals surface area (Å²) in [6.45, 7) is 0. The predicted molar refractivity (Wildman–Crippen MR) is 159 cm³/mol. The average Bonchev–Trinajstić information content (AvgIpc) is 3.78. The van der Waals surface area contributed by atoms with Gasteiger partial charge in [0, 0.05) is 27.6 Å². The number of hydrogen-bond acceptors (Lipinski definition) is 6. The Kier molecular flexibility index (Phi) is 9.52. The molecule has 3 unspecified atom stereocenters. The molecule has 1 aliphatic rings. The summed E-state index contributed by atoms with van der Waals surface area (Å²) in [6, 6.07) is 7.30. The third-order valence-corrected chi connectivity index (χ3v) is 9.01. The highest BCUT2D eigenvalue weighted by molar-refractivity contribution is 7.36. The fourth-order valence-corrected chi connectivity index (χ4v) is 6.09. The molecule has 4 rings (SSSR count). The number of rotatable bonds is 3. The van der Waals surface area contributed by atoms with Crippen molar-refractivity contribution in [1.82, 2.24) is 0 Å². The Morgan fingerprint density at radius 1 is 0.354 bits per heavy atom. The molecule has 0 radical (unpaired) electrons. The Balaban J connectivity index is 2.38. The van der Waals surface area contributed by atoms with Crippen LogP contribution in [0, 0.1) is 120 Å². The molecule has 0 saturated heterocycles. The van der Waals surface area contributed by atoms with Gasteiger partial charge in [-0.25, -0.2) is 39.5 Å². The summed E-state index contributed by atoms with van der Waals surface area (Å²) in [6.07, 6.45) is 0. The minimum absolute atomic E-state index is 0.129. The van der Waals surface area contributed by atoms with Crippen LogP contribution in [0.15, 0.2) is 16.7 Å². The van der Waals surface area contributed by atoms with Crippen molar-refractivity contribution < 1.29 is 39.5 Å². The molecule has 0 aromatic heterocycles. The Bertz CT molecular complexity index is 2080. The summed E-state index contributed by atoms with van der Waals surface area (Å²) >= 11 is 0. The first kappa shape index (κ1) is 35.3.